The van der Waals surface area contributed by atoms with E-state index in [-0.39, 0.29) is 16.9 Å². The first-order valence-corrected chi connectivity index (χ1v) is 7.00. The minimum Gasteiger partial charge on any atom is -0.506 e. The van der Waals surface area contributed by atoms with Gasteiger partial charge in [0.25, 0.3) is 0 Å². The number of aryl methyl sites for hydroxylation is 1. The number of carbonyl (C=O) groups is 1. The Morgan fingerprint density at radius 1 is 1.30 bits per heavy atom. The Kier molecular flexibility index (Phi) is 2.96. The second-order valence-electron chi connectivity index (χ2n) is 5.69. The number of hydrogen-bond acceptors (Lipinski definition) is 3. The normalized spacial score (nSPS) is 19.4. The fourth-order valence-corrected chi connectivity index (χ4v) is 3.21. The average Bonchev–Trinajstić information content (AvgIpc) is 2.38. The standard InChI is InChI=1S/C16H18O4/c1-10-9-12-11(14(17)13(10)15(18)19)5-8-16(20-12)6-3-2-4-7-16/h5,8-9,17H,2-4,6-7H2,1H3,(H,18,19). The van der Waals surface area contributed by atoms with Gasteiger partial charge in [-0.1, -0.05) is 6.42 Å². The van der Waals surface area contributed by atoms with Gasteiger partial charge in [-0.05, 0) is 56.4 Å². The van der Waals surface area contributed by atoms with Gasteiger partial charge in [-0.3, -0.25) is 0 Å². The maximum atomic E-state index is 11.2. The van der Waals surface area contributed by atoms with Gasteiger partial charge in [-0.2, -0.15) is 0 Å². The zero-order valence-electron chi connectivity index (χ0n) is 11.5. The largest absolute Gasteiger partial charge is 0.506 e. The highest BCUT2D eigenvalue weighted by molar-refractivity contribution is 5.95. The fourth-order valence-electron chi connectivity index (χ4n) is 3.21. The summed E-state index contributed by atoms with van der Waals surface area (Å²) in [4.78, 5) is 11.2. The average molecular weight is 274 g/mol. The molecule has 1 fully saturated rings. The van der Waals surface area contributed by atoms with Crippen molar-refractivity contribution in [2.45, 2.75) is 44.6 Å². The molecule has 1 heterocycles. The molecule has 1 aromatic rings. The molecule has 106 valence electrons. The van der Waals surface area contributed by atoms with Crippen LogP contribution in [0, 0.1) is 6.92 Å². The number of hydrogen-bond donors (Lipinski definition) is 2. The summed E-state index contributed by atoms with van der Waals surface area (Å²) in [6.45, 7) is 1.68. The van der Waals surface area contributed by atoms with Crippen LogP contribution in [0.2, 0.25) is 0 Å². The van der Waals surface area contributed by atoms with Crippen molar-refractivity contribution in [3.8, 4) is 11.5 Å². The molecule has 4 heteroatoms. The molecule has 1 aliphatic heterocycles. The quantitative estimate of drug-likeness (QED) is 0.822. The smallest absolute Gasteiger partial charge is 0.339 e. The number of carboxylic acids is 1. The lowest BCUT2D eigenvalue weighted by Gasteiger charge is -2.38. The van der Waals surface area contributed by atoms with E-state index in [9.17, 15) is 9.90 Å². The molecule has 1 spiro atoms. The van der Waals surface area contributed by atoms with Crippen molar-refractivity contribution in [3.63, 3.8) is 0 Å². The number of benzene rings is 1. The lowest BCUT2D eigenvalue weighted by atomic mass is 9.82. The zero-order valence-corrected chi connectivity index (χ0v) is 11.5. The molecule has 1 aliphatic carbocycles. The molecule has 0 bridgehead atoms. The Morgan fingerprint density at radius 3 is 2.65 bits per heavy atom. The molecule has 4 nitrogen and oxygen atoms in total. The minimum absolute atomic E-state index is 0.0448. The SMILES string of the molecule is Cc1cc2c(c(O)c1C(=O)O)C=CC1(CCCCC1)O2. The van der Waals surface area contributed by atoms with Gasteiger partial charge in [-0.15, -0.1) is 0 Å². The summed E-state index contributed by atoms with van der Waals surface area (Å²) in [5.74, 6) is -0.724. The van der Waals surface area contributed by atoms with Gasteiger partial charge in [0.05, 0.1) is 5.56 Å². The Labute approximate surface area is 117 Å². The van der Waals surface area contributed by atoms with Crippen LogP contribution in [0.25, 0.3) is 6.08 Å². The summed E-state index contributed by atoms with van der Waals surface area (Å²) in [6.07, 6.45) is 9.25. The third-order valence-corrected chi connectivity index (χ3v) is 4.28. The van der Waals surface area contributed by atoms with Crippen LogP contribution >= 0.6 is 0 Å². The molecule has 3 rings (SSSR count). The van der Waals surface area contributed by atoms with E-state index in [1.165, 1.54) is 6.42 Å². The van der Waals surface area contributed by atoms with Crippen molar-refractivity contribution in [1.82, 2.24) is 0 Å². The van der Waals surface area contributed by atoms with E-state index >= 15 is 0 Å². The number of ether oxygens (including phenoxy) is 1. The van der Waals surface area contributed by atoms with Crippen molar-refractivity contribution in [3.05, 3.63) is 28.8 Å². The van der Waals surface area contributed by atoms with E-state index in [2.05, 4.69) is 0 Å². The molecule has 0 amide bonds. The van der Waals surface area contributed by atoms with Gasteiger partial charge in [0.1, 0.15) is 22.7 Å². The molecule has 0 unspecified atom stereocenters. The van der Waals surface area contributed by atoms with Crippen LogP contribution in [0.5, 0.6) is 11.5 Å². The highest BCUT2D eigenvalue weighted by Crippen LogP contribution is 2.44. The Hall–Kier alpha value is -1.97. The lowest BCUT2D eigenvalue weighted by Crippen LogP contribution is -2.37. The van der Waals surface area contributed by atoms with Gasteiger partial charge < -0.3 is 14.9 Å². The predicted octanol–water partition coefficient (Wildman–Crippen LogP) is 3.51. The molecule has 20 heavy (non-hydrogen) atoms. The Morgan fingerprint density at radius 2 is 2.00 bits per heavy atom. The van der Waals surface area contributed by atoms with Gasteiger partial charge in [0.2, 0.25) is 0 Å². The summed E-state index contributed by atoms with van der Waals surface area (Å²) >= 11 is 0. The number of aromatic carboxylic acids is 1. The topological polar surface area (TPSA) is 66.8 Å². The van der Waals surface area contributed by atoms with E-state index in [0.29, 0.717) is 16.9 Å². The molecule has 0 saturated heterocycles. The highest BCUT2D eigenvalue weighted by atomic mass is 16.5. The fraction of sp³-hybridized carbons (Fsp3) is 0.438. The summed E-state index contributed by atoms with van der Waals surface area (Å²) in [7, 11) is 0. The number of aromatic hydroxyl groups is 1. The molecule has 1 saturated carbocycles. The Balaban J connectivity index is 2.06. The highest BCUT2D eigenvalue weighted by Gasteiger charge is 2.35. The molecule has 0 atom stereocenters. The molecular formula is C16H18O4. The first kappa shape index (κ1) is 13.0. The van der Waals surface area contributed by atoms with Gasteiger partial charge in [-0.25, -0.2) is 4.79 Å². The van der Waals surface area contributed by atoms with Gasteiger partial charge in [0.15, 0.2) is 0 Å². The second-order valence-corrected chi connectivity index (χ2v) is 5.69. The molecule has 2 aliphatic rings. The Bertz CT molecular complexity index is 595. The monoisotopic (exact) mass is 274 g/mol. The van der Waals surface area contributed by atoms with Crippen molar-refractivity contribution in [2.24, 2.45) is 0 Å². The van der Waals surface area contributed by atoms with Crippen molar-refractivity contribution >= 4 is 12.0 Å². The first-order chi connectivity index (χ1) is 9.52. The van der Waals surface area contributed by atoms with Crippen LogP contribution < -0.4 is 4.74 Å². The van der Waals surface area contributed by atoms with Crippen LogP contribution in [0.15, 0.2) is 12.1 Å². The van der Waals surface area contributed by atoms with E-state index < -0.39 is 5.97 Å². The van der Waals surface area contributed by atoms with Gasteiger partial charge >= 0.3 is 5.97 Å². The molecular weight excluding hydrogens is 256 g/mol. The summed E-state index contributed by atoms with van der Waals surface area (Å²) in [6, 6.07) is 1.72. The summed E-state index contributed by atoms with van der Waals surface area (Å²) in [5, 5.41) is 19.3. The van der Waals surface area contributed by atoms with Crippen molar-refractivity contribution in [1.29, 1.82) is 0 Å². The molecule has 1 aromatic carbocycles. The molecule has 0 radical (unpaired) electrons. The lowest BCUT2D eigenvalue weighted by molar-refractivity contribution is 0.0689. The third kappa shape index (κ3) is 1.96. The van der Waals surface area contributed by atoms with Crippen molar-refractivity contribution in [2.75, 3.05) is 0 Å². The van der Waals surface area contributed by atoms with Gasteiger partial charge in [0, 0.05) is 0 Å². The van der Waals surface area contributed by atoms with Crippen LogP contribution in [0.1, 0.15) is 53.6 Å². The molecule has 0 aromatic heterocycles. The van der Waals surface area contributed by atoms with E-state index in [0.717, 1.165) is 25.7 Å². The van der Waals surface area contributed by atoms with Crippen molar-refractivity contribution < 1.29 is 19.7 Å². The number of rotatable bonds is 1. The van der Waals surface area contributed by atoms with Crippen LogP contribution in [0.3, 0.4) is 0 Å². The first-order valence-electron chi connectivity index (χ1n) is 7.00. The van der Waals surface area contributed by atoms with Crippen LogP contribution in [-0.4, -0.2) is 21.8 Å². The van der Waals surface area contributed by atoms with E-state index in [1.807, 2.05) is 12.2 Å². The number of fused-ring (bicyclic) bond motifs is 1. The predicted molar refractivity (Wildman–Crippen MR) is 75.3 cm³/mol. The van der Waals surface area contributed by atoms with Crippen LogP contribution in [0.4, 0.5) is 0 Å². The second kappa shape index (κ2) is 4.54. The summed E-state index contributed by atoms with van der Waals surface area (Å²) < 4.78 is 6.12. The molecule has 2 N–H and O–H groups in total. The summed E-state index contributed by atoms with van der Waals surface area (Å²) in [5.41, 5.74) is 0.685. The van der Waals surface area contributed by atoms with Crippen LogP contribution in [-0.2, 0) is 0 Å². The third-order valence-electron chi connectivity index (χ3n) is 4.28. The number of phenols is 1. The maximum Gasteiger partial charge on any atom is 0.339 e. The van der Waals surface area contributed by atoms with E-state index in [4.69, 9.17) is 9.84 Å². The minimum atomic E-state index is -1.12. The maximum absolute atomic E-state index is 11.2. The number of carboxylic acid groups (broad SMARTS) is 1. The zero-order chi connectivity index (χ0) is 14.3. The van der Waals surface area contributed by atoms with E-state index in [1.54, 1.807) is 13.0 Å².